The highest BCUT2D eigenvalue weighted by Gasteiger charge is 2.09. The van der Waals surface area contributed by atoms with Gasteiger partial charge in [-0.3, -0.25) is 9.69 Å². The van der Waals surface area contributed by atoms with Crippen LogP contribution in [0.15, 0.2) is 0 Å². The first-order valence-electron chi connectivity index (χ1n) is 4.23. The number of rotatable bonds is 6. The van der Waals surface area contributed by atoms with Crippen LogP contribution < -0.4 is 5.73 Å². The molecule has 0 spiro atoms. The topological polar surface area (TPSA) is 66.6 Å². The Hall–Kier alpha value is -0.610. The van der Waals surface area contributed by atoms with Crippen molar-refractivity contribution in [3.05, 3.63) is 0 Å². The smallest absolute Gasteiger partial charge is 0.304 e. The van der Waals surface area contributed by atoms with Crippen molar-refractivity contribution in [2.75, 3.05) is 19.6 Å². The predicted molar refractivity (Wildman–Crippen MR) is 48.0 cm³/mol. The maximum absolute atomic E-state index is 10.3. The molecule has 0 bridgehead atoms. The number of carbonyl (C=O) groups is 1. The summed E-state index contributed by atoms with van der Waals surface area (Å²) >= 11 is 0. The molecule has 3 N–H and O–H groups in total. The number of carboxylic acid groups (broad SMARTS) is 1. The van der Waals surface area contributed by atoms with Crippen molar-refractivity contribution >= 4 is 5.97 Å². The van der Waals surface area contributed by atoms with E-state index in [-0.39, 0.29) is 6.42 Å². The molecule has 4 heteroatoms. The van der Waals surface area contributed by atoms with Gasteiger partial charge in [0.2, 0.25) is 0 Å². The lowest BCUT2D eigenvalue weighted by atomic mass is 10.3. The highest BCUT2D eigenvalue weighted by molar-refractivity contribution is 5.66. The van der Waals surface area contributed by atoms with Crippen LogP contribution in [-0.2, 0) is 4.79 Å². The molecule has 0 saturated heterocycles. The number of nitrogens with zero attached hydrogens (tertiary/aromatic N) is 1. The summed E-state index contributed by atoms with van der Waals surface area (Å²) in [6.45, 7) is 6.02. The Labute approximate surface area is 73.3 Å². The Morgan fingerprint density at radius 2 is 2.08 bits per heavy atom. The maximum Gasteiger partial charge on any atom is 0.304 e. The average molecular weight is 174 g/mol. The molecule has 0 aromatic rings. The molecule has 0 aliphatic carbocycles. The van der Waals surface area contributed by atoms with Crippen molar-refractivity contribution in [1.29, 1.82) is 0 Å². The summed E-state index contributed by atoms with van der Waals surface area (Å²) in [5, 5.41) is 8.45. The Balaban J connectivity index is 3.70. The van der Waals surface area contributed by atoms with E-state index in [9.17, 15) is 4.79 Å². The van der Waals surface area contributed by atoms with Crippen LogP contribution in [0.2, 0.25) is 0 Å². The maximum atomic E-state index is 10.3. The van der Waals surface area contributed by atoms with Gasteiger partial charge in [-0.25, -0.2) is 0 Å². The second-order valence-corrected chi connectivity index (χ2v) is 3.06. The first kappa shape index (κ1) is 11.4. The fourth-order valence-corrected chi connectivity index (χ4v) is 1.03. The number of aliphatic carboxylic acids is 1. The minimum atomic E-state index is -0.752. The number of hydrogen-bond donors (Lipinski definition) is 2. The zero-order chi connectivity index (χ0) is 9.56. The van der Waals surface area contributed by atoms with Gasteiger partial charge in [0.1, 0.15) is 0 Å². The Kier molecular flexibility index (Phi) is 5.66. The second kappa shape index (κ2) is 5.97. The lowest BCUT2D eigenvalue weighted by Gasteiger charge is -2.24. The molecule has 0 aliphatic heterocycles. The fourth-order valence-electron chi connectivity index (χ4n) is 1.03. The van der Waals surface area contributed by atoms with Crippen molar-refractivity contribution in [2.45, 2.75) is 26.3 Å². The van der Waals surface area contributed by atoms with Gasteiger partial charge in [0.05, 0.1) is 6.42 Å². The first-order chi connectivity index (χ1) is 5.57. The van der Waals surface area contributed by atoms with Crippen LogP contribution in [0.25, 0.3) is 0 Å². The molecule has 0 unspecified atom stereocenters. The number of nitrogens with two attached hydrogens (primary N) is 1. The molecule has 0 aliphatic rings. The van der Waals surface area contributed by atoms with Crippen LogP contribution in [0.1, 0.15) is 20.3 Å². The molecule has 4 nitrogen and oxygen atoms in total. The summed E-state index contributed by atoms with van der Waals surface area (Å²) < 4.78 is 0. The molecular formula is C8H18N2O2. The van der Waals surface area contributed by atoms with Crippen LogP contribution in [0.5, 0.6) is 0 Å². The zero-order valence-electron chi connectivity index (χ0n) is 7.79. The van der Waals surface area contributed by atoms with Gasteiger partial charge in [-0.15, -0.1) is 0 Å². The standard InChI is InChI=1S/C8H18N2O2/c1-7(2)10(6-4-9)5-3-8(11)12/h7H,3-6,9H2,1-2H3,(H,11,12). The molecule has 0 rings (SSSR count). The monoisotopic (exact) mass is 174 g/mol. The molecule has 0 fully saturated rings. The minimum Gasteiger partial charge on any atom is -0.481 e. The first-order valence-corrected chi connectivity index (χ1v) is 4.23. The molecule has 0 saturated carbocycles. The van der Waals surface area contributed by atoms with Crippen LogP contribution in [0, 0.1) is 0 Å². The second-order valence-electron chi connectivity index (χ2n) is 3.06. The van der Waals surface area contributed by atoms with Crippen molar-refractivity contribution in [2.24, 2.45) is 5.73 Å². The third-order valence-electron chi connectivity index (χ3n) is 1.76. The van der Waals surface area contributed by atoms with Gasteiger partial charge in [-0.05, 0) is 13.8 Å². The zero-order valence-corrected chi connectivity index (χ0v) is 7.79. The van der Waals surface area contributed by atoms with Gasteiger partial charge in [0.25, 0.3) is 0 Å². The van der Waals surface area contributed by atoms with Crippen molar-refractivity contribution < 1.29 is 9.90 Å². The van der Waals surface area contributed by atoms with Crippen LogP contribution in [-0.4, -0.2) is 41.7 Å². The minimum absolute atomic E-state index is 0.193. The lowest BCUT2D eigenvalue weighted by Crippen LogP contribution is -2.36. The van der Waals surface area contributed by atoms with E-state index < -0.39 is 5.97 Å². The average Bonchev–Trinajstić information content (AvgIpc) is 1.96. The summed E-state index contributed by atoms with van der Waals surface area (Å²) in [6, 6.07) is 0.368. The molecule has 0 amide bonds. The fraction of sp³-hybridized carbons (Fsp3) is 0.875. The van der Waals surface area contributed by atoms with Crippen molar-refractivity contribution in [1.82, 2.24) is 4.90 Å². The van der Waals surface area contributed by atoms with E-state index >= 15 is 0 Å². The van der Waals surface area contributed by atoms with E-state index in [1.807, 2.05) is 13.8 Å². The molecule has 0 radical (unpaired) electrons. The molecule has 72 valence electrons. The van der Waals surface area contributed by atoms with Crippen LogP contribution in [0.4, 0.5) is 0 Å². The van der Waals surface area contributed by atoms with E-state index in [2.05, 4.69) is 4.90 Å². The highest BCUT2D eigenvalue weighted by atomic mass is 16.4. The predicted octanol–water partition coefficient (Wildman–Crippen LogP) is 0.130. The van der Waals surface area contributed by atoms with Gasteiger partial charge in [-0.1, -0.05) is 0 Å². The summed E-state index contributed by atoms with van der Waals surface area (Å²) in [5.74, 6) is -0.752. The van der Waals surface area contributed by atoms with E-state index in [1.165, 1.54) is 0 Å². The Morgan fingerprint density at radius 1 is 1.50 bits per heavy atom. The lowest BCUT2D eigenvalue weighted by molar-refractivity contribution is -0.137. The quantitative estimate of drug-likeness (QED) is 0.600. The van der Waals surface area contributed by atoms with E-state index in [1.54, 1.807) is 0 Å². The van der Waals surface area contributed by atoms with E-state index in [4.69, 9.17) is 10.8 Å². The van der Waals surface area contributed by atoms with Crippen molar-refractivity contribution in [3.63, 3.8) is 0 Å². The van der Waals surface area contributed by atoms with E-state index in [0.29, 0.717) is 19.1 Å². The molecule has 0 aromatic heterocycles. The largest absolute Gasteiger partial charge is 0.481 e. The molecule has 0 heterocycles. The third kappa shape index (κ3) is 5.09. The number of carboxylic acids is 1. The van der Waals surface area contributed by atoms with Gasteiger partial charge < -0.3 is 10.8 Å². The normalized spacial score (nSPS) is 11.1. The summed E-state index contributed by atoms with van der Waals surface area (Å²) in [4.78, 5) is 12.3. The molecular weight excluding hydrogens is 156 g/mol. The van der Waals surface area contributed by atoms with Gasteiger partial charge in [0.15, 0.2) is 0 Å². The molecule has 12 heavy (non-hydrogen) atoms. The van der Waals surface area contributed by atoms with E-state index in [0.717, 1.165) is 6.54 Å². The van der Waals surface area contributed by atoms with Gasteiger partial charge in [-0.2, -0.15) is 0 Å². The highest BCUT2D eigenvalue weighted by Crippen LogP contribution is 1.98. The Morgan fingerprint density at radius 3 is 2.42 bits per heavy atom. The molecule has 0 aromatic carbocycles. The van der Waals surface area contributed by atoms with Crippen LogP contribution >= 0.6 is 0 Å². The third-order valence-corrected chi connectivity index (χ3v) is 1.76. The summed E-state index contributed by atoms with van der Waals surface area (Å²) in [7, 11) is 0. The molecule has 0 atom stereocenters. The van der Waals surface area contributed by atoms with Gasteiger partial charge in [0, 0.05) is 25.7 Å². The SMILES string of the molecule is CC(C)N(CCN)CCC(=O)O. The van der Waals surface area contributed by atoms with Gasteiger partial charge >= 0.3 is 5.97 Å². The summed E-state index contributed by atoms with van der Waals surface area (Å²) in [5.41, 5.74) is 5.38. The summed E-state index contributed by atoms with van der Waals surface area (Å²) in [6.07, 6.45) is 0.193. The number of hydrogen-bond acceptors (Lipinski definition) is 3. The Bertz CT molecular complexity index is 137. The van der Waals surface area contributed by atoms with Crippen LogP contribution in [0.3, 0.4) is 0 Å². The van der Waals surface area contributed by atoms with Crippen molar-refractivity contribution in [3.8, 4) is 0 Å².